The van der Waals surface area contributed by atoms with Crippen LogP contribution in [0.3, 0.4) is 0 Å². The highest BCUT2D eigenvalue weighted by Gasteiger charge is 2.97. The molecule has 0 atom stereocenters. The number of aryl methyl sites for hydroxylation is 1. The fourth-order valence-corrected chi connectivity index (χ4v) is 3.04. The Kier molecular flexibility index (Phi) is 9.65. The molecule has 250 valence electrons. The highest BCUT2D eigenvalue weighted by atomic mass is 19.4. The van der Waals surface area contributed by atoms with E-state index < -0.39 is 90.1 Å². The fraction of sp³-hybridized carbons (Fsp3) is 0.667. The lowest BCUT2D eigenvalue weighted by molar-refractivity contribution is -0.469. The van der Waals surface area contributed by atoms with E-state index in [1.807, 2.05) is 0 Å². The zero-order chi connectivity index (χ0) is 34.7. The van der Waals surface area contributed by atoms with Crippen molar-refractivity contribution >= 4 is 5.78 Å². The van der Waals surface area contributed by atoms with E-state index in [0.717, 1.165) is 24.3 Å². The summed E-state index contributed by atoms with van der Waals surface area (Å²) in [6.45, 7) is -2.71. The normalized spacial score (nSPS) is 15.6. The van der Waals surface area contributed by atoms with Crippen LogP contribution in [0, 0.1) is 6.92 Å². The predicted molar refractivity (Wildman–Crippen MR) is 100 cm³/mol. The third-order valence-corrected chi connectivity index (χ3v) is 5.89. The van der Waals surface area contributed by atoms with Gasteiger partial charge in [0.1, 0.15) is 0 Å². The van der Waals surface area contributed by atoms with Crippen LogP contribution in [0.25, 0.3) is 0 Å². The number of hydrogen-bond donors (Lipinski definition) is 0. The lowest BCUT2D eigenvalue weighted by Gasteiger charge is -2.45. The molecule has 0 heterocycles. The number of ketones is 1. The van der Waals surface area contributed by atoms with Crippen LogP contribution >= 0.6 is 0 Å². The van der Waals surface area contributed by atoms with Gasteiger partial charge in [-0.3, -0.25) is 4.79 Å². The standard InChI is InChI=1S/C21H13F21O/c1-9-2-4-10(5-3-9)11(43)6-7-12(23,24)14(27,28)16(31,32)18(35,36)20(39,40)21(41,42)19(37,38)17(33,34)15(29,30)13(25,26)8-22/h2-5H,6-8H2,1H3. The minimum Gasteiger partial charge on any atom is -0.294 e. The van der Waals surface area contributed by atoms with Gasteiger partial charge in [-0.15, -0.1) is 0 Å². The summed E-state index contributed by atoms with van der Waals surface area (Å²) in [6, 6.07) is 3.93. The maximum Gasteiger partial charge on any atom is 0.385 e. The van der Waals surface area contributed by atoms with E-state index in [0.29, 0.717) is 5.56 Å². The van der Waals surface area contributed by atoms with Crippen LogP contribution in [0.5, 0.6) is 0 Å². The molecule has 1 rings (SSSR count). The first-order valence-corrected chi connectivity index (χ1v) is 10.6. The monoisotopic (exact) mass is 680 g/mol. The number of carbonyl (C=O) groups is 1. The van der Waals surface area contributed by atoms with Gasteiger partial charge in [0.2, 0.25) is 0 Å². The number of rotatable bonds is 14. The molecule has 0 saturated carbocycles. The van der Waals surface area contributed by atoms with Crippen LogP contribution < -0.4 is 0 Å². The summed E-state index contributed by atoms with van der Waals surface area (Å²) in [7, 11) is 0. The molecule has 22 heteroatoms. The SMILES string of the molecule is Cc1ccc(C(=O)CCC(F)(F)C(F)(F)C(F)(F)C(F)(F)C(F)(F)C(F)(F)C(F)(F)C(F)(F)C(F)(F)C(F)(F)CF)cc1. The van der Waals surface area contributed by atoms with Crippen molar-refractivity contribution in [3.8, 4) is 0 Å². The van der Waals surface area contributed by atoms with Crippen molar-refractivity contribution in [2.45, 2.75) is 79.0 Å². The maximum absolute atomic E-state index is 14.0. The van der Waals surface area contributed by atoms with Crippen LogP contribution in [0.1, 0.15) is 28.8 Å². The van der Waals surface area contributed by atoms with Crippen molar-refractivity contribution in [2.24, 2.45) is 0 Å². The van der Waals surface area contributed by atoms with E-state index in [1.165, 1.54) is 6.92 Å². The van der Waals surface area contributed by atoms with Crippen molar-refractivity contribution in [2.75, 3.05) is 6.67 Å². The average Bonchev–Trinajstić information content (AvgIpc) is 2.86. The Bertz CT molecular complexity index is 1150. The van der Waals surface area contributed by atoms with Gasteiger partial charge in [0.15, 0.2) is 12.5 Å². The number of carbonyl (C=O) groups excluding carboxylic acids is 1. The molecule has 0 fully saturated rings. The molecule has 0 aromatic heterocycles. The van der Waals surface area contributed by atoms with Gasteiger partial charge in [-0.1, -0.05) is 29.8 Å². The molecule has 0 saturated heterocycles. The largest absolute Gasteiger partial charge is 0.385 e. The number of hydrogen-bond acceptors (Lipinski definition) is 1. The second-order valence-electron chi connectivity index (χ2n) is 8.93. The molecule has 0 amide bonds. The second-order valence-corrected chi connectivity index (χ2v) is 8.93. The van der Waals surface area contributed by atoms with Crippen molar-refractivity contribution in [3.63, 3.8) is 0 Å². The summed E-state index contributed by atoms with van der Waals surface area (Å²) in [5.74, 6) is -85.5. The molecule has 0 radical (unpaired) electrons. The van der Waals surface area contributed by atoms with Crippen molar-refractivity contribution in [1.29, 1.82) is 0 Å². The lowest BCUT2D eigenvalue weighted by Crippen LogP contribution is -2.77. The molecule has 1 aromatic carbocycles. The first kappa shape index (κ1) is 38.4. The van der Waals surface area contributed by atoms with E-state index in [2.05, 4.69) is 0 Å². The summed E-state index contributed by atoms with van der Waals surface area (Å²) in [6.07, 6.45) is -4.92. The van der Waals surface area contributed by atoms with Gasteiger partial charge in [-0.05, 0) is 6.92 Å². The predicted octanol–water partition coefficient (Wildman–Crippen LogP) is 9.28. The first-order valence-electron chi connectivity index (χ1n) is 10.6. The van der Waals surface area contributed by atoms with E-state index in [9.17, 15) is 97.0 Å². The van der Waals surface area contributed by atoms with Crippen LogP contribution in [0.15, 0.2) is 24.3 Å². The molecular weight excluding hydrogens is 667 g/mol. The molecule has 0 aliphatic carbocycles. The van der Waals surface area contributed by atoms with E-state index >= 15 is 0 Å². The Morgan fingerprint density at radius 2 is 0.767 bits per heavy atom. The van der Waals surface area contributed by atoms with Gasteiger partial charge in [0, 0.05) is 18.4 Å². The summed E-state index contributed by atoms with van der Waals surface area (Å²) in [5, 5.41) is 0. The molecule has 0 aliphatic heterocycles. The van der Waals surface area contributed by atoms with Crippen molar-refractivity contribution < 1.29 is 97.0 Å². The summed E-state index contributed by atoms with van der Waals surface area (Å²) >= 11 is 0. The maximum atomic E-state index is 14.0. The zero-order valence-electron chi connectivity index (χ0n) is 20.3. The minimum atomic E-state index is -9.17. The Hall–Kier alpha value is -2.58. The molecule has 0 N–H and O–H groups in total. The molecule has 0 bridgehead atoms. The molecular formula is C21H13F21O. The van der Waals surface area contributed by atoms with Gasteiger partial charge >= 0.3 is 59.2 Å². The second kappa shape index (κ2) is 10.8. The average molecular weight is 680 g/mol. The van der Waals surface area contributed by atoms with Gasteiger partial charge in [0.05, 0.1) is 0 Å². The quantitative estimate of drug-likeness (QED) is 0.142. The fourth-order valence-electron chi connectivity index (χ4n) is 3.04. The molecule has 0 unspecified atom stereocenters. The Balaban J connectivity index is 3.59. The molecule has 1 aromatic rings. The summed E-state index contributed by atoms with van der Waals surface area (Å²) < 4.78 is 285. The Morgan fingerprint density at radius 3 is 1.07 bits per heavy atom. The van der Waals surface area contributed by atoms with Crippen LogP contribution in [0.4, 0.5) is 92.2 Å². The highest BCUT2D eigenvalue weighted by molar-refractivity contribution is 5.96. The summed E-state index contributed by atoms with van der Waals surface area (Å²) in [4.78, 5) is 11.8. The number of alkyl halides is 21. The van der Waals surface area contributed by atoms with E-state index in [-0.39, 0.29) is 0 Å². The number of halogens is 21. The third kappa shape index (κ3) is 5.37. The topological polar surface area (TPSA) is 17.1 Å². The highest BCUT2D eigenvalue weighted by Crippen LogP contribution is 2.66. The third-order valence-electron chi connectivity index (χ3n) is 5.89. The number of benzene rings is 1. The lowest BCUT2D eigenvalue weighted by atomic mass is 9.85. The van der Waals surface area contributed by atoms with Gasteiger partial charge in [-0.25, -0.2) is 4.39 Å². The molecule has 1 nitrogen and oxygen atoms in total. The number of Topliss-reactive ketones (excluding diaryl/α,β-unsaturated/α-hetero) is 1. The minimum absolute atomic E-state index is 0.413. The van der Waals surface area contributed by atoms with E-state index in [1.54, 1.807) is 0 Å². The smallest absolute Gasteiger partial charge is 0.294 e. The molecule has 0 spiro atoms. The molecule has 0 aliphatic rings. The zero-order valence-corrected chi connectivity index (χ0v) is 20.3. The first-order chi connectivity index (χ1) is 18.7. The molecule has 43 heavy (non-hydrogen) atoms. The van der Waals surface area contributed by atoms with Gasteiger partial charge in [-0.2, -0.15) is 87.8 Å². The van der Waals surface area contributed by atoms with Crippen molar-refractivity contribution in [1.82, 2.24) is 0 Å². The van der Waals surface area contributed by atoms with Crippen LogP contribution in [0.2, 0.25) is 0 Å². The van der Waals surface area contributed by atoms with Crippen LogP contribution in [-0.4, -0.2) is 71.7 Å². The van der Waals surface area contributed by atoms with E-state index in [4.69, 9.17) is 0 Å². The van der Waals surface area contributed by atoms with Crippen LogP contribution in [-0.2, 0) is 0 Å². The van der Waals surface area contributed by atoms with Gasteiger partial charge < -0.3 is 0 Å². The van der Waals surface area contributed by atoms with Gasteiger partial charge in [0.25, 0.3) is 0 Å². The Labute approximate surface area is 225 Å². The Morgan fingerprint density at radius 1 is 0.488 bits per heavy atom. The summed E-state index contributed by atoms with van der Waals surface area (Å²) in [5.41, 5.74) is -0.178. The van der Waals surface area contributed by atoms with Crippen molar-refractivity contribution in [3.05, 3.63) is 35.4 Å².